The number of hydrogen-bond donors (Lipinski definition) is 5. The first-order valence-corrected chi connectivity index (χ1v) is 10.9. The Morgan fingerprint density at radius 2 is 1.71 bits per heavy atom. The number of unbranched alkanes of at least 4 members (excludes halogenated alkanes) is 1. The number of ether oxygens (including phenoxy) is 1. The highest BCUT2D eigenvalue weighted by atomic mass is 16.5. The Morgan fingerprint density at radius 3 is 2.29 bits per heavy atom. The Morgan fingerprint density at radius 1 is 1.03 bits per heavy atom. The van der Waals surface area contributed by atoms with Gasteiger partial charge in [0.25, 0.3) is 0 Å². The number of aliphatic hydroxyl groups is 5. The van der Waals surface area contributed by atoms with Gasteiger partial charge in [-0.25, -0.2) is 4.79 Å². The zero-order valence-corrected chi connectivity index (χ0v) is 19.0. The van der Waals surface area contributed by atoms with Crippen LogP contribution in [0.3, 0.4) is 0 Å². The normalized spacial score (nSPS) is 16.7. The van der Waals surface area contributed by atoms with Gasteiger partial charge < -0.3 is 30.3 Å². The van der Waals surface area contributed by atoms with Gasteiger partial charge in [0.2, 0.25) is 0 Å². The van der Waals surface area contributed by atoms with Gasteiger partial charge >= 0.3 is 5.97 Å². The Kier molecular flexibility index (Phi) is 15.7. The summed E-state index contributed by atoms with van der Waals surface area (Å²) in [4.78, 5) is 12.7. The molecule has 0 saturated carbocycles. The second kappa shape index (κ2) is 16.7. The number of carbonyl (C=O) groups is 1. The first-order chi connectivity index (χ1) is 14.6. The van der Waals surface area contributed by atoms with Crippen molar-refractivity contribution < 1.29 is 35.1 Å². The van der Waals surface area contributed by atoms with Gasteiger partial charge in [-0.2, -0.15) is 0 Å². The lowest BCUT2D eigenvalue weighted by molar-refractivity contribution is -0.145. The van der Waals surface area contributed by atoms with E-state index in [0.717, 1.165) is 0 Å². The van der Waals surface area contributed by atoms with Crippen LogP contribution >= 0.6 is 0 Å². The highest BCUT2D eigenvalue weighted by Crippen LogP contribution is 2.20. The van der Waals surface area contributed by atoms with E-state index in [1.165, 1.54) is 13.0 Å². The fraction of sp³-hybridized carbons (Fsp3) is 0.625. The summed E-state index contributed by atoms with van der Waals surface area (Å²) in [6, 6.07) is 0. The molecule has 7 nitrogen and oxygen atoms in total. The molecule has 0 heterocycles. The number of esters is 1. The van der Waals surface area contributed by atoms with Crippen LogP contribution in [0.25, 0.3) is 0 Å². The summed E-state index contributed by atoms with van der Waals surface area (Å²) in [5, 5.41) is 47.4. The van der Waals surface area contributed by atoms with Crippen molar-refractivity contribution in [3.63, 3.8) is 0 Å². The number of allylic oxidation sites excluding steroid dienone is 3. The highest BCUT2D eigenvalue weighted by molar-refractivity contribution is 5.89. The molecule has 0 aromatic heterocycles. The monoisotopic (exact) mass is 440 g/mol. The SMILES string of the molecule is C=C(/C=C\C(O)=C(/CCCC[C@H](O)C(C)O)C(=O)O[C@@H](C)C(C)/C=C\CO)CCCO. The van der Waals surface area contributed by atoms with Crippen LogP contribution in [0.1, 0.15) is 59.3 Å². The van der Waals surface area contributed by atoms with Crippen molar-refractivity contribution in [2.45, 2.75) is 77.6 Å². The molecule has 4 atom stereocenters. The molecule has 0 aliphatic heterocycles. The third kappa shape index (κ3) is 13.2. The van der Waals surface area contributed by atoms with Crippen LogP contribution < -0.4 is 0 Å². The van der Waals surface area contributed by atoms with E-state index in [0.29, 0.717) is 37.7 Å². The van der Waals surface area contributed by atoms with E-state index in [2.05, 4.69) is 6.58 Å². The minimum atomic E-state index is -0.832. The molecule has 0 fully saturated rings. The van der Waals surface area contributed by atoms with Crippen LogP contribution in [0.4, 0.5) is 0 Å². The lowest BCUT2D eigenvalue weighted by Crippen LogP contribution is -2.23. The van der Waals surface area contributed by atoms with Crippen molar-refractivity contribution in [3.8, 4) is 0 Å². The number of carbonyl (C=O) groups excluding carboxylic acids is 1. The van der Waals surface area contributed by atoms with Gasteiger partial charge in [-0.15, -0.1) is 0 Å². The van der Waals surface area contributed by atoms with E-state index in [-0.39, 0.29) is 36.9 Å². The van der Waals surface area contributed by atoms with Crippen molar-refractivity contribution >= 4 is 5.97 Å². The van der Waals surface area contributed by atoms with Gasteiger partial charge in [-0.3, -0.25) is 0 Å². The quantitative estimate of drug-likeness (QED) is 0.0623. The van der Waals surface area contributed by atoms with Gasteiger partial charge in [-0.05, 0) is 52.0 Å². The fourth-order valence-corrected chi connectivity index (χ4v) is 2.70. The smallest absolute Gasteiger partial charge is 0.338 e. The van der Waals surface area contributed by atoms with E-state index in [4.69, 9.17) is 14.9 Å². The molecule has 2 unspecified atom stereocenters. The van der Waals surface area contributed by atoms with Gasteiger partial charge in [0.15, 0.2) is 0 Å². The molecule has 0 aliphatic rings. The van der Waals surface area contributed by atoms with Crippen LogP contribution in [-0.2, 0) is 9.53 Å². The van der Waals surface area contributed by atoms with Crippen molar-refractivity contribution in [1.82, 2.24) is 0 Å². The van der Waals surface area contributed by atoms with Crippen molar-refractivity contribution in [2.24, 2.45) is 5.92 Å². The Hall–Kier alpha value is -1.93. The van der Waals surface area contributed by atoms with Gasteiger partial charge in [0.1, 0.15) is 11.9 Å². The molecular formula is C24H40O7. The van der Waals surface area contributed by atoms with Crippen molar-refractivity contribution in [2.75, 3.05) is 13.2 Å². The number of hydrogen-bond acceptors (Lipinski definition) is 7. The van der Waals surface area contributed by atoms with E-state index in [1.807, 2.05) is 6.92 Å². The molecule has 0 saturated heterocycles. The lowest BCUT2D eigenvalue weighted by atomic mass is 10.0. The molecule has 0 aliphatic carbocycles. The zero-order valence-electron chi connectivity index (χ0n) is 19.0. The molecule has 31 heavy (non-hydrogen) atoms. The lowest BCUT2D eigenvalue weighted by Gasteiger charge is -2.19. The summed E-state index contributed by atoms with van der Waals surface area (Å²) in [6.07, 6.45) is 7.07. The Labute approximate surface area is 186 Å². The summed E-state index contributed by atoms with van der Waals surface area (Å²) in [5.41, 5.74) is 0.840. The molecule has 0 spiro atoms. The van der Waals surface area contributed by atoms with Crippen LogP contribution in [-0.4, -0.2) is 63.0 Å². The molecule has 0 bridgehead atoms. The maximum Gasteiger partial charge on any atom is 0.338 e. The van der Waals surface area contributed by atoms with Crippen LogP contribution in [0.5, 0.6) is 0 Å². The van der Waals surface area contributed by atoms with Gasteiger partial charge in [0, 0.05) is 12.5 Å². The van der Waals surface area contributed by atoms with Crippen molar-refractivity contribution in [1.29, 1.82) is 0 Å². The molecule has 0 radical (unpaired) electrons. The molecule has 5 N–H and O–H groups in total. The largest absolute Gasteiger partial charge is 0.507 e. The standard InChI is InChI=1S/C24H40O7/c1-17(9-7-15-25)13-14-23(29)21(11-5-6-12-22(28)19(3)27)24(30)31-20(4)18(2)10-8-16-26/h8,10,13-14,18-20,22,25-29H,1,5-7,9,11-12,15-16H2,2-4H3/b10-8-,14-13-,23-21-/t18?,19?,20-,22-/m0/s1. The second-order valence-corrected chi connectivity index (χ2v) is 7.82. The fourth-order valence-electron chi connectivity index (χ4n) is 2.70. The highest BCUT2D eigenvalue weighted by Gasteiger charge is 2.21. The van der Waals surface area contributed by atoms with Crippen molar-refractivity contribution in [3.05, 3.63) is 47.8 Å². The van der Waals surface area contributed by atoms with E-state index in [1.54, 1.807) is 25.2 Å². The Bertz CT molecular complexity index is 619. The third-order valence-corrected chi connectivity index (χ3v) is 5.00. The molecule has 0 rings (SSSR count). The number of rotatable bonds is 16. The van der Waals surface area contributed by atoms with Gasteiger partial charge in [0.05, 0.1) is 24.4 Å². The molecule has 0 aromatic rings. The minimum Gasteiger partial charge on any atom is -0.507 e. The summed E-state index contributed by atoms with van der Waals surface area (Å²) < 4.78 is 5.51. The summed E-state index contributed by atoms with van der Waals surface area (Å²) in [5.74, 6) is -0.956. The molecule has 0 amide bonds. The minimum absolute atomic E-state index is 0.0470. The second-order valence-electron chi connectivity index (χ2n) is 7.82. The van der Waals surface area contributed by atoms with E-state index >= 15 is 0 Å². The number of aliphatic hydroxyl groups excluding tert-OH is 5. The zero-order chi connectivity index (χ0) is 23.8. The maximum atomic E-state index is 12.7. The first kappa shape index (κ1) is 29.1. The maximum absolute atomic E-state index is 12.7. The van der Waals surface area contributed by atoms with E-state index in [9.17, 15) is 20.1 Å². The molecule has 0 aromatic carbocycles. The predicted octanol–water partition coefficient (Wildman–Crippen LogP) is 3.10. The average molecular weight is 441 g/mol. The topological polar surface area (TPSA) is 127 Å². The van der Waals surface area contributed by atoms with Crippen LogP contribution in [0.2, 0.25) is 0 Å². The first-order valence-electron chi connectivity index (χ1n) is 10.9. The van der Waals surface area contributed by atoms with Crippen LogP contribution in [0.15, 0.2) is 47.8 Å². The summed E-state index contributed by atoms with van der Waals surface area (Å²) in [6.45, 7) is 8.92. The van der Waals surface area contributed by atoms with Gasteiger partial charge in [-0.1, -0.05) is 43.7 Å². The average Bonchev–Trinajstić information content (AvgIpc) is 2.73. The third-order valence-electron chi connectivity index (χ3n) is 5.00. The predicted molar refractivity (Wildman–Crippen MR) is 121 cm³/mol. The molecule has 178 valence electrons. The van der Waals surface area contributed by atoms with Crippen LogP contribution in [0, 0.1) is 5.92 Å². The summed E-state index contributed by atoms with van der Waals surface area (Å²) in [7, 11) is 0. The van der Waals surface area contributed by atoms with E-state index < -0.39 is 24.3 Å². The Balaban J connectivity index is 5.26. The molecule has 7 heteroatoms. The molecular weight excluding hydrogens is 400 g/mol. The summed E-state index contributed by atoms with van der Waals surface area (Å²) >= 11 is 0.